The number of carbonyl (C=O) groups is 1. The minimum atomic E-state index is -0.569. The molecule has 5 nitrogen and oxygen atoms in total. The van der Waals surface area contributed by atoms with E-state index in [1.165, 1.54) is 0 Å². The van der Waals surface area contributed by atoms with Crippen molar-refractivity contribution in [3.8, 4) is 11.8 Å². The summed E-state index contributed by atoms with van der Waals surface area (Å²) < 4.78 is 10.5. The first-order valence-corrected chi connectivity index (χ1v) is 7.39. The molecule has 0 unspecified atom stereocenters. The molecule has 0 spiro atoms. The Morgan fingerprint density at radius 1 is 1.36 bits per heavy atom. The molecule has 5 heteroatoms. The number of nitrogens with one attached hydrogen (secondary N) is 1. The van der Waals surface area contributed by atoms with Crippen LogP contribution in [0.25, 0.3) is 0 Å². The normalized spacial score (nSPS) is 16.1. The first kappa shape index (κ1) is 16.2. The van der Waals surface area contributed by atoms with Crippen molar-refractivity contribution < 1.29 is 14.3 Å². The summed E-state index contributed by atoms with van der Waals surface area (Å²) >= 11 is 0. The number of ether oxygens (including phenoxy) is 2. The fraction of sp³-hybridized carbons (Fsp3) is 0.529. The van der Waals surface area contributed by atoms with Crippen LogP contribution >= 0.6 is 0 Å². The molecule has 1 fully saturated rings. The molecule has 1 aliphatic rings. The van der Waals surface area contributed by atoms with Gasteiger partial charge in [-0.3, -0.25) is 5.32 Å². The van der Waals surface area contributed by atoms with Gasteiger partial charge in [-0.15, -0.1) is 0 Å². The standard InChI is InChI=1S/C17H22N2O3/c1-16(2,3)22-15(20)19-14-7-6-12(21-4)10-13(14)17(11-18)8-5-9-17/h6-7,10H,5,8-9H2,1-4H3,(H,19,20). The van der Waals surface area contributed by atoms with E-state index in [9.17, 15) is 10.1 Å². The van der Waals surface area contributed by atoms with E-state index in [4.69, 9.17) is 9.47 Å². The quantitative estimate of drug-likeness (QED) is 0.916. The highest BCUT2D eigenvalue weighted by molar-refractivity contribution is 5.86. The maximum atomic E-state index is 12.0. The minimum absolute atomic E-state index is 0.522. The Morgan fingerprint density at radius 3 is 2.50 bits per heavy atom. The van der Waals surface area contributed by atoms with Crippen LogP contribution in [0, 0.1) is 11.3 Å². The number of nitrogens with zero attached hydrogens (tertiary/aromatic N) is 1. The van der Waals surface area contributed by atoms with Crippen LogP contribution in [0.3, 0.4) is 0 Å². The molecule has 118 valence electrons. The van der Waals surface area contributed by atoms with Gasteiger partial charge in [-0.25, -0.2) is 4.79 Å². The lowest BCUT2D eigenvalue weighted by atomic mass is 9.65. The predicted octanol–water partition coefficient (Wildman–Crippen LogP) is 3.99. The van der Waals surface area contributed by atoms with E-state index in [1.807, 2.05) is 26.8 Å². The number of hydrogen-bond acceptors (Lipinski definition) is 4. The van der Waals surface area contributed by atoms with Gasteiger partial charge >= 0.3 is 6.09 Å². The molecular formula is C17H22N2O3. The van der Waals surface area contributed by atoms with Gasteiger partial charge in [0.15, 0.2) is 0 Å². The third kappa shape index (κ3) is 3.33. The highest BCUT2D eigenvalue weighted by atomic mass is 16.6. The Bertz CT molecular complexity index is 607. The summed E-state index contributed by atoms with van der Waals surface area (Å²) in [6.07, 6.45) is 2.07. The molecule has 0 atom stereocenters. The van der Waals surface area contributed by atoms with Crippen LogP contribution in [-0.4, -0.2) is 18.8 Å². The van der Waals surface area contributed by atoms with Crippen LogP contribution in [0.15, 0.2) is 18.2 Å². The van der Waals surface area contributed by atoms with Crippen LogP contribution in [0.5, 0.6) is 5.75 Å². The van der Waals surface area contributed by atoms with Crippen molar-refractivity contribution in [2.45, 2.75) is 51.0 Å². The molecule has 2 rings (SSSR count). The van der Waals surface area contributed by atoms with Crippen molar-refractivity contribution >= 4 is 11.8 Å². The lowest BCUT2D eigenvalue weighted by Crippen LogP contribution is -2.34. The summed E-state index contributed by atoms with van der Waals surface area (Å²) in [6, 6.07) is 7.75. The van der Waals surface area contributed by atoms with Crippen LogP contribution in [-0.2, 0) is 10.2 Å². The van der Waals surface area contributed by atoms with Crippen molar-refractivity contribution in [3.05, 3.63) is 23.8 Å². The number of carbonyl (C=O) groups excluding carboxylic acids is 1. The second-order valence-electron chi connectivity index (χ2n) is 6.59. The average molecular weight is 302 g/mol. The topological polar surface area (TPSA) is 71.3 Å². The Balaban J connectivity index is 2.31. The van der Waals surface area contributed by atoms with Gasteiger partial charge in [0, 0.05) is 5.69 Å². The SMILES string of the molecule is COc1ccc(NC(=O)OC(C)(C)C)c(C2(C#N)CCC2)c1. The Morgan fingerprint density at radius 2 is 2.05 bits per heavy atom. The Labute approximate surface area is 131 Å². The second kappa shape index (κ2) is 5.88. The molecule has 1 amide bonds. The lowest BCUT2D eigenvalue weighted by molar-refractivity contribution is 0.0635. The number of amides is 1. The first-order chi connectivity index (χ1) is 10.3. The maximum absolute atomic E-state index is 12.0. The summed E-state index contributed by atoms with van der Waals surface area (Å²) in [5, 5.41) is 12.3. The highest BCUT2D eigenvalue weighted by Crippen LogP contribution is 2.47. The van der Waals surface area contributed by atoms with Crippen LogP contribution in [0.1, 0.15) is 45.6 Å². The van der Waals surface area contributed by atoms with Gasteiger partial charge in [0.05, 0.1) is 18.6 Å². The summed E-state index contributed by atoms with van der Waals surface area (Å²) in [7, 11) is 1.58. The van der Waals surface area contributed by atoms with Crippen molar-refractivity contribution in [1.29, 1.82) is 5.26 Å². The van der Waals surface area contributed by atoms with Gasteiger partial charge in [-0.1, -0.05) is 0 Å². The number of anilines is 1. The summed E-state index contributed by atoms with van der Waals surface area (Å²) in [6.45, 7) is 5.43. The van der Waals surface area contributed by atoms with E-state index in [0.717, 1.165) is 24.8 Å². The van der Waals surface area contributed by atoms with Gasteiger partial charge in [0.25, 0.3) is 0 Å². The summed E-state index contributed by atoms with van der Waals surface area (Å²) in [4.78, 5) is 12.0. The minimum Gasteiger partial charge on any atom is -0.497 e. The third-order valence-corrected chi connectivity index (χ3v) is 3.80. The second-order valence-corrected chi connectivity index (χ2v) is 6.59. The molecular weight excluding hydrogens is 280 g/mol. The zero-order valence-corrected chi connectivity index (χ0v) is 13.5. The van der Waals surface area contributed by atoms with E-state index < -0.39 is 17.1 Å². The zero-order valence-electron chi connectivity index (χ0n) is 13.5. The predicted molar refractivity (Wildman–Crippen MR) is 84.0 cm³/mol. The molecule has 1 saturated carbocycles. The monoisotopic (exact) mass is 302 g/mol. The van der Waals surface area contributed by atoms with Gasteiger partial charge in [-0.2, -0.15) is 5.26 Å². The number of methoxy groups -OCH3 is 1. The maximum Gasteiger partial charge on any atom is 0.412 e. The van der Waals surface area contributed by atoms with Crippen LogP contribution < -0.4 is 10.1 Å². The summed E-state index contributed by atoms with van der Waals surface area (Å²) in [5.41, 5.74) is 0.293. The smallest absolute Gasteiger partial charge is 0.412 e. The van der Waals surface area contributed by atoms with Crippen LogP contribution in [0.4, 0.5) is 10.5 Å². The Kier molecular flexibility index (Phi) is 4.32. The number of benzene rings is 1. The van der Waals surface area contributed by atoms with Crippen molar-refractivity contribution in [2.24, 2.45) is 0 Å². The number of rotatable bonds is 3. The van der Waals surface area contributed by atoms with Gasteiger partial charge in [-0.05, 0) is 63.8 Å². The fourth-order valence-corrected chi connectivity index (χ4v) is 2.54. The molecule has 0 bridgehead atoms. The molecule has 0 heterocycles. The largest absolute Gasteiger partial charge is 0.497 e. The molecule has 1 aromatic rings. The van der Waals surface area contributed by atoms with Gasteiger partial charge in [0.1, 0.15) is 11.4 Å². The molecule has 22 heavy (non-hydrogen) atoms. The van der Waals surface area contributed by atoms with E-state index in [2.05, 4.69) is 11.4 Å². The van der Waals surface area contributed by atoms with Gasteiger partial charge in [0.2, 0.25) is 0 Å². The first-order valence-electron chi connectivity index (χ1n) is 7.39. The van der Waals surface area contributed by atoms with E-state index in [0.29, 0.717) is 11.4 Å². The van der Waals surface area contributed by atoms with Crippen molar-refractivity contribution in [2.75, 3.05) is 12.4 Å². The molecule has 1 aromatic carbocycles. The molecule has 0 radical (unpaired) electrons. The zero-order chi connectivity index (χ0) is 16.4. The highest BCUT2D eigenvalue weighted by Gasteiger charge is 2.41. The number of nitriles is 1. The average Bonchev–Trinajstić information content (AvgIpc) is 2.37. The molecule has 1 aliphatic carbocycles. The summed E-state index contributed by atoms with van der Waals surface area (Å²) in [5.74, 6) is 0.672. The van der Waals surface area contributed by atoms with Crippen molar-refractivity contribution in [1.82, 2.24) is 0 Å². The molecule has 0 aromatic heterocycles. The lowest BCUT2D eigenvalue weighted by Gasteiger charge is -2.37. The molecule has 1 N–H and O–H groups in total. The van der Waals surface area contributed by atoms with E-state index in [1.54, 1.807) is 19.2 Å². The van der Waals surface area contributed by atoms with Crippen molar-refractivity contribution in [3.63, 3.8) is 0 Å². The third-order valence-electron chi connectivity index (χ3n) is 3.80. The van der Waals surface area contributed by atoms with Crippen LogP contribution in [0.2, 0.25) is 0 Å². The molecule has 0 saturated heterocycles. The van der Waals surface area contributed by atoms with E-state index >= 15 is 0 Å². The van der Waals surface area contributed by atoms with Gasteiger partial charge < -0.3 is 9.47 Å². The fourth-order valence-electron chi connectivity index (χ4n) is 2.54. The molecule has 0 aliphatic heterocycles. The van der Waals surface area contributed by atoms with E-state index in [-0.39, 0.29) is 0 Å². The number of hydrogen-bond donors (Lipinski definition) is 1. The Hall–Kier alpha value is -2.22.